The third-order valence-electron chi connectivity index (χ3n) is 20.5. The fourth-order valence-corrected chi connectivity index (χ4v) is 15.2. The third kappa shape index (κ3) is 80.1. The summed E-state index contributed by atoms with van der Waals surface area (Å²) in [5.74, 6) is -1.30. The molecular formula is C87H170O17P2. The monoisotopic (exact) mass is 1550 g/mol. The van der Waals surface area contributed by atoms with Gasteiger partial charge < -0.3 is 33.8 Å². The highest BCUT2D eigenvalue weighted by Gasteiger charge is 2.30. The van der Waals surface area contributed by atoms with Crippen molar-refractivity contribution in [2.45, 2.75) is 490 Å². The third-order valence-corrected chi connectivity index (χ3v) is 22.4. The Morgan fingerprint density at radius 2 is 0.434 bits per heavy atom. The number of phosphoric acid groups is 2. The molecule has 0 saturated heterocycles. The molecule has 0 aliphatic carbocycles. The van der Waals surface area contributed by atoms with Gasteiger partial charge in [0, 0.05) is 25.7 Å². The van der Waals surface area contributed by atoms with E-state index in [-0.39, 0.29) is 25.7 Å². The zero-order valence-corrected chi connectivity index (χ0v) is 71.4. The van der Waals surface area contributed by atoms with E-state index in [1.807, 2.05) is 0 Å². The second kappa shape index (κ2) is 79.7. The maximum Gasteiger partial charge on any atom is 0.472 e. The summed E-state index contributed by atoms with van der Waals surface area (Å²) < 4.78 is 69.0. The van der Waals surface area contributed by atoms with Crippen LogP contribution in [0.25, 0.3) is 0 Å². The van der Waals surface area contributed by atoms with E-state index in [1.165, 1.54) is 295 Å². The molecule has 0 aromatic rings. The summed E-state index contributed by atoms with van der Waals surface area (Å²) in [6, 6.07) is 0. The second-order valence-electron chi connectivity index (χ2n) is 31.8. The van der Waals surface area contributed by atoms with Gasteiger partial charge in [-0.2, -0.15) is 0 Å². The number of carbonyl (C=O) groups is 4. The minimum absolute atomic E-state index is 0.109. The highest BCUT2D eigenvalue weighted by Crippen LogP contribution is 2.45. The van der Waals surface area contributed by atoms with Crippen LogP contribution in [0.15, 0.2) is 0 Å². The molecule has 0 rings (SSSR count). The zero-order chi connectivity index (χ0) is 77.6. The number of unbranched alkanes of at least 4 members (excludes halogenated alkanes) is 59. The van der Waals surface area contributed by atoms with Crippen LogP contribution in [0.1, 0.15) is 471 Å². The summed E-state index contributed by atoms with van der Waals surface area (Å²) in [4.78, 5) is 73.3. The molecule has 0 aliphatic heterocycles. The van der Waals surface area contributed by atoms with Gasteiger partial charge in [-0.05, 0) is 31.6 Å². The summed E-state index contributed by atoms with van der Waals surface area (Å²) in [5.41, 5.74) is 0. The van der Waals surface area contributed by atoms with Gasteiger partial charge in [-0.25, -0.2) is 9.13 Å². The van der Waals surface area contributed by atoms with Crippen molar-refractivity contribution in [3.05, 3.63) is 0 Å². The van der Waals surface area contributed by atoms with Crippen LogP contribution < -0.4 is 0 Å². The van der Waals surface area contributed by atoms with E-state index in [4.69, 9.17) is 37.0 Å². The molecule has 0 saturated carbocycles. The quantitative estimate of drug-likeness (QED) is 0.0222. The minimum atomic E-state index is -4.97. The van der Waals surface area contributed by atoms with Crippen molar-refractivity contribution < 1.29 is 80.2 Å². The average Bonchev–Trinajstić information content (AvgIpc) is 0.905. The Labute approximate surface area is 651 Å². The van der Waals surface area contributed by atoms with E-state index in [2.05, 4.69) is 34.6 Å². The van der Waals surface area contributed by atoms with Gasteiger partial charge in [0.1, 0.15) is 19.3 Å². The predicted octanol–water partition coefficient (Wildman–Crippen LogP) is 26.8. The predicted molar refractivity (Wildman–Crippen MR) is 437 cm³/mol. The molecule has 19 heteroatoms. The molecule has 106 heavy (non-hydrogen) atoms. The molecule has 0 bridgehead atoms. The van der Waals surface area contributed by atoms with Gasteiger partial charge in [0.25, 0.3) is 0 Å². The second-order valence-corrected chi connectivity index (χ2v) is 34.7. The number of aliphatic hydroxyl groups excluding tert-OH is 1. The SMILES string of the molecule is CCCCCCCCCCCCCCCCCCCCCCC(=O)O[C@H](COC(=O)CCCCCCCCCCCCCCCCC(C)C)COP(=O)(O)OC[C@@H](O)COP(=O)(O)OC[C@@H](COC(=O)CCCCCCCCCCCCCCC)OC(=O)CCCCCCCCCCCCCCCCCC. The van der Waals surface area contributed by atoms with Gasteiger partial charge in [-0.1, -0.05) is 420 Å². The maximum atomic E-state index is 13.2. The molecule has 2 unspecified atom stereocenters. The molecule has 0 radical (unpaired) electrons. The molecule has 5 atom stereocenters. The van der Waals surface area contributed by atoms with Gasteiger partial charge in [0.2, 0.25) is 0 Å². The number of ether oxygens (including phenoxy) is 4. The van der Waals surface area contributed by atoms with Crippen LogP contribution in [-0.2, 0) is 65.4 Å². The Morgan fingerprint density at radius 1 is 0.255 bits per heavy atom. The number of hydrogen-bond acceptors (Lipinski definition) is 15. The van der Waals surface area contributed by atoms with E-state index in [9.17, 15) is 43.2 Å². The normalized spacial score (nSPS) is 13.7. The molecule has 0 aromatic carbocycles. The average molecular weight is 1550 g/mol. The van der Waals surface area contributed by atoms with E-state index in [0.29, 0.717) is 25.7 Å². The molecule has 0 fully saturated rings. The standard InChI is InChI=1S/C87H170O17P2/c1-6-9-12-15-18-21-24-27-29-31-32-33-34-36-43-48-53-58-63-68-73-87(92)104-83(77-98-85(90)71-66-61-56-51-46-41-38-37-40-44-49-54-59-64-69-80(4)5)79-102-106(95,96)100-75-81(88)74-99-105(93,94)101-78-82(76-97-84(89)70-65-60-55-50-45-39-26-23-20-17-14-11-8-3)103-86(91)72-67-62-57-52-47-42-35-30-28-25-22-19-16-13-10-7-2/h80-83,88H,6-79H2,1-5H3,(H,93,94)(H,95,96)/t81-,82+,83+/m0/s1. The van der Waals surface area contributed by atoms with Crippen molar-refractivity contribution in [3.63, 3.8) is 0 Å². The van der Waals surface area contributed by atoms with Gasteiger partial charge in [0.15, 0.2) is 12.2 Å². The van der Waals surface area contributed by atoms with Gasteiger partial charge in [0.05, 0.1) is 26.4 Å². The van der Waals surface area contributed by atoms with Crippen LogP contribution in [0.2, 0.25) is 0 Å². The van der Waals surface area contributed by atoms with Gasteiger partial charge >= 0.3 is 39.5 Å². The summed E-state index contributed by atoms with van der Waals surface area (Å²) >= 11 is 0. The molecule has 0 amide bonds. The van der Waals surface area contributed by atoms with Crippen molar-refractivity contribution in [1.82, 2.24) is 0 Å². The Balaban J connectivity index is 5.26. The number of phosphoric ester groups is 2. The summed E-state index contributed by atoms with van der Waals surface area (Å²) in [6.45, 7) is 7.41. The number of carbonyl (C=O) groups excluding carboxylic acids is 4. The molecular weight excluding hydrogens is 1380 g/mol. The molecule has 0 aliphatic rings. The topological polar surface area (TPSA) is 237 Å². The van der Waals surface area contributed by atoms with E-state index in [0.717, 1.165) is 95.8 Å². The van der Waals surface area contributed by atoms with Crippen LogP contribution in [0.5, 0.6) is 0 Å². The lowest BCUT2D eigenvalue weighted by Crippen LogP contribution is -2.30. The van der Waals surface area contributed by atoms with Crippen LogP contribution in [-0.4, -0.2) is 96.7 Å². The molecule has 0 heterocycles. The number of hydrogen-bond donors (Lipinski definition) is 3. The Kier molecular flexibility index (Phi) is 78.2. The Hall–Kier alpha value is -1.94. The first-order valence-electron chi connectivity index (χ1n) is 45.1. The lowest BCUT2D eigenvalue weighted by atomic mass is 10.0. The van der Waals surface area contributed by atoms with Crippen molar-refractivity contribution in [2.24, 2.45) is 5.92 Å². The lowest BCUT2D eigenvalue weighted by Gasteiger charge is -2.21. The minimum Gasteiger partial charge on any atom is -0.462 e. The number of aliphatic hydroxyl groups is 1. The first-order valence-corrected chi connectivity index (χ1v) is 48.1. The molecule has 3 N–H and O–H groups in total. The molecule has 17 nitrogen and oxygen atoms in total. The first-order chi connectivity index (χ1) is 51.5. The maximum absolute atomic E-state index is 13.2. The highest BCUT2D eigenvalue weighted by molar-refractivity contribution is 7.47. The fourth-order valence-electron chi connectivity index (χ4n) is 13.6. The smallest absolute Gasteiger partial charge is 0.462 e. The molecule has 0 spiro atoms. The summed E-state index contributed by atoms with van der Waals surface area (Å²) in [6.07, 6.45) is 73.5. The largest absolute Gasteiger partial charge is 0.472 e. The van der Waals surface area contributed by atoms with E-state index in [1.54, 1.807) is 0 Å². The number of rotatable bonds is 87. The van der Waals surface area contributed by atoms with Crippen molar-refractivity contribution in [3.8, 4) is 0 Å². The van der Waals surface area contributed by atoms with Crippen LogP contribution in [0.4, 0.5) is 0 Å². The molecule has 0 aromatic heterocycles. The lowest BCUT2D eigenvalue weighted by molar-refractivity contribution is -0.161. The van der Waals surface area contributed by atoms with Crippen molar-refractivity contribution in [2.75, 3.05) is 39.6 Å². The van der Waals surface area contributed by atoms with Gasteiger partial charge in [-0.15, -0.1) is 0 Å². The van der Waals surface area contributed by atoms with E-state index >= 15 is 0 Å². The van der Waals surface area contributed by atoms with Gasteiger partial charge in [-0.3, -0.25) is 37.3 Å². The van der Waals surface area contributed by atoms with Crippen LogP contribution in [0, 0.1) is 5.92 Å². The Morgan fingerprint density at radius 3 is 0.642 bits per heavy atom. The van der Waals surface area contributed by atoms with Crippen LogP contribution >= 0.6 is 15.6 Å². The fraction of sp³-hybridized carbons (Fsp3) is 0.954. The molecule has 630 valence electrons. The first kappa shape index (κ1) is 104. The summed E-state index contributed by atoms with van der Waals surface area (Å²) in [5, 5.41) is 10.7. The van der Waals surface area contributed by atoms with Crippen molar-refractivity contribution in [1.29, 1.82) is 0 Å². The summed E-state index contributed by atoms with van der Waals surface area (Å²) in [7, 11) is -9.93. The zero-order valence-electron chi connectivity index (χ0n) is 69.6. The van der Waals surface area contributed by atoms with Crippen LogP contribution in [0.3, 0.4) is 0 Å². The number of esters is 4. The highest BCUT2D eigenvalue weighted by atomic mass is 31.2. The van der Waals surface area contributed by atoms with Crippen molar-refractivity contribution >= 4 is 39.5 Å². The van der Waals surface area contributed by atoms with E-state index < -0.39 is 97.5 Å². The Bertz CT molecular complexity index is 2010.